The molecule has 1 N–H and O–H groups in total. The minimum Gasteiger partial charge on any atom is -0.507 e. The lowest BCUT2D eigenvalue weighted by Crippen LogP contribution is -2.29. The fourth-order valence-corrected chi connectivity index (χ4v) is 4.51. The van der Waals surface area contributed by atoms with Crippen LogP contribution in [0.15, 0.2) is 72.3 Å². The summed E-state index contributed by atoms with van der Waals surface area (Å²) in [4.78, 5) is 28.3. The van der Waals surface area contributed by atoms with E-state index in [4.69, 9.17) is 18.9 Å². The number of hydrogen-bond donors (Lipinski definition) is 1. The molecule has 3 aromatic carbocycles. The average Bonchev–Trinajstić information content (AvgIpc) is 3.20. The summed E-state index contributed by atoms with van der Waals surface area (Å²) < 4.78 is 22.0. The third-order valence-electron chi connectivity index (χ3n) is 6.40. The summed E-state index contributed by atoms with van der Waals surface area (Å²) in [5.74, 6) is 0.404. The molecule has 1 heterocycles. The smallest absolute Gasteiger partial charge is 0.295 e. The lowest BCUT2D eigenvalue weighted by atomic mass is 9.94. The molecule has 198 valence electrons. The zero-order valence-electron chi connectivity index (χ0n) is 21.9. The van der Waals surface area contributed by atoms with Gasteiger partial charge in [0.05, 0.1) is 46.1 Å². The fourth-order valence-electron chi connectivity index (χ4n) is 4.51. The number of para-hydroxylation sites is 1. The van der Waals surface area contributed by atoms with E-state index in [9.17, 15) is 14.7 Å². The van der Waals surface area contributed by atoms with E-state index >= 15 is 0 Å². The van der Waals surface area contributed by atoms with Crippen molar-refractivity contribution in [3.05, 3.63) is 89.0 Å². The molecule has 1 aliphatic rings. The first kappa shape index (κ1) is 26.6. The van der Waals surface area contributed by atoms with E-state index < -0.39 is 17.7 Å². The highest BCUT2D eigenvalue weighted by atomic mass is 16.5. The van der Waals surface area contributed by atoms with Crippen molar-refractivity contribution in [2.75, 3.05) is 27.9 Å². The first-order valence-electron chi connectivity index (χ1n) is 12.3. The van der Waals surface area contributed by atoms with E-state index in [2.05, 4.69) is 0 Å². The fraction of sp³-hybridized carbons (Fsp3) is 0.267. The quantitative estimate of drug-likeness (QED) is 0.227. The first-order chi connectivity index (χ1) is 18.4. The Balaban J connectivity index is 1.84. The number of benzene rings is 3. The van der Waals surface area contributed by atoms with Gasteiger partial charge in [0.1, 0.15) is 17.3 Å². The molecule has 1 aliphatic heterocycles. The monoisotopic (exact) mass is 517 g/mol. The lowest BCUT2D eigenvalue weighted by Gasteiger charge is -2.26. The summed E-state index contributed by atoms with van der Waals surface area (Å²) in [6, 6.07) is 18.4. The molecule has 3 aromatic rings. The highest BCUT2D eigenvalue weighted by Crippen LogP contribution is 2.43. The Morgan fingerprint density at radius 1 is 0.868 bits per heavy atom. The number of hydrogen-bond acceptors (Lipinski definition) is 7. The number of ketones is 1. The van der Waals surface area contributed by atoms with Gasteiger partial charge in [0.15, 0.2) is 11.5 Å². The zero-order chi connectivity index (χ0) is 27.2. The standard InChI is InChI=1S/C30H31NO7/c1-5-16-38-22-13-10-19(11-14-22)28(32)26-27(20-12-15-24(36-3)25(17-20)37-4)31(30(34)29(26)33)18-21-8-6-7-9-23(21)35-2/h6-15,17,27,32H,5,16,18H2,1-4H3/b28-26-. The van der Waals surface area contributed by atoms with Gasteiger partial charge in [-0.05, 0) is 54.4 Å². The molecule has 8 heteroatoms. The van der Waals surface area contributed by atoms with Crippen molar-refractivity contribution >= 4 is 17.4 Å². The van der Waals surface area contributed by atoms with Crippen LogP contribution in [0.5, 0.6) is 23.0 Å². The van der Waals surface area contributed by atoms with Crippen LogP contribution in [0.3, 0.4) is 0 Å². The van der Waals surface area contributed by atoms with Crippen LogP contribution in [0.1, 0.15) is 36.1 Å². The molecule has 1 unspecified atom stereocenters. The van der Waals surface area contributed by atoms with Crippen LogP contribution in [0.25, 0.3) is 5.76 Å². The molecule has 1 saturated heterocycles. The molecule has 1 atom stereocenters. The summed E-state index contributed by atoms with van der Waals surface area (Å²) >= 11 is 0. The Kier molecular flexibility index (Phi) is 8.21. The van der Waals surface area contributed by atoms with E-state index in [0.717, 1.165) is 12.0 Å². The molecule has 38 heavy (non-hydrogen) atoms. The molecule has 0 bridgehead atoms. The minimum absolute atomic E-state index is 0.0145. The number of nitrogens with zero attached hydrogens (tertiary/aromatic N) is 1. The number of likely N-dealkylation sites (tertiary alicyclic amines) is 1. The Morgan fingerprint density at radius 3 is 2.21 bits per heavy atom. The van der Waals surface area contributed by atoms with Crippen molar-refractivity contribution in [2.45, 2.75) is 25.9 Å². The number of carbonyl (C=O) groups excluding carboxylic acids is 2. The molecule has 4 rings (SSSR count). The van der Waals surface area contributed by atoms with Gasteiger partial charge in [-0.25, -0.2) is 0 Å². The van der Waals surface area contributed by atoms with Crippen LogP contribution in [0.4, 0.5) is 0 Å². The third kappa shape index (κ3) is 5.16. The van der Waals surface area contributed by atoms with Crippen molar-refractivity contribution in [3.8, 4) is 23.0 Å². The van der Waals surface area contributed by atoms with Crippen LogP contribution in [0, 0.1) is 0 Å². The van der Waals surface area contributed by atoms with Gasteiger partial charge >= 0.3 is 0 Å². The summed E-state index contributed by atoms with van der Waals surface area (Å²) in [6.45, 7) is 2.67. The van der Waals surface area contributed by atoms with Gasteiger partial charge in [0.2, 0.25) is 0 Å². The van der Waals surface area contributed by atoms with Crippen molar-refractivity contribution < 1.29 is 33.6 Å². The zero-order valence-corrected chi connectivity index (χ0v) is 21.9. The Morgan fingerprint density at radius 2 is 1.55 bits per heavy atom. The number of aliphatic hydroxyl groups excluding tert-OH is 1. The third-order valence-corrected chi connectivity index (χ3v) is 6.40. The molecule has 8 nitrogen and oxygen atoms in total. The van der Waals surface area contributed by atoms with Crippen molar-refractivity contribution in [2.24, 2.45) is 0 Å². The topological polar surface area (TPSA) is 94.5 Å². The highest BCUT2D eigenvalue weighted by molar-refractivity contribution is 6.46. The second kappa shape index (κ2) is 11.7. The molecule has 1 fully saturated rings. The normalized spacial score (nSPS) is 16.4. The summed E-state index contributed by atoms with van der Waals surface area (Å²) in [5, 5.41) is 11.4. The number of ether oxygens (including phenoxy) is 4. The predicted molar refractivity (Wildman–Crippen MR) is 143 cm³/mol. The van der Waals surface area contributed by atoms with Crippen LogP contribution in [-0.2, 0) is 16.1 Å². The second-order valence-electron chi connectivity index (χ2n) is 8.73. The molecule has 0 spiro atoms. The molecule has 0 aliphatic carbocycles. The molecule has 1 amide bonds. The molecular weight excluding hydrogens is 486 g/mol. The van der Waals surface area contributed by atoms with Crippen molar-refractivity contribution in [3.63, 3.8) is 0 Å². The van der Waals surface area contributed by atoms with Crippen LogP contribution in [-0.4, -0.2) is 49.6 Å². The average molecular weight is 518 g/mol. The van der Waals surface area contributed by atoms with Crippen molar-refractivity contribution in [1.29, 1.82) is 0 Å². The maximum absolute atomic E-state index is 13.4. The van der Waals surface area contributed by atoms with E-state index in [-0.39, 0.29) is 17.9 Å². The maximum Gasteiger partial charge on any atom is 0.295 e. The van der Waals surface area contributed by atoms with Gasteiger partial charge in [-0.3, -0.25) is 9.59 Å². The second-order valence-corrected chi connectivity index (χ2v) is 8.73. The molecule has 0 saturated carbocycles. The number of aliphatic hydroxyl groups is 1. The van der Waals surface area contributed by atoms with E-state index in [0.29, 0.717) is 40.7 Å². The largest absolute Gasteiger partial charge is 0.507 e. The van der Waals surface area contributed by atoms with Gasteiger partial charge in [0.25, 0.3) is 11.7 Å². The minimum atomic E-state index is -0.879. The lowest BCUT2D eigenvalue weighted by molar-refractivity contribution is -0.140. The molecule has 0 radical (unpaired) electrons. The number of methoxy groups -OCH3 is 3. The van der Waals surface area contributed by atoms with Gasteiger partial charge < -0.3 is 29.0 Å². The van der Waals surface area contributed by atoms with Gasteiger partial charge in [-0.15, -0.1) is 0 Å². The van der Waals surface area contributed by atoms with E-state index in [1.807, 2.05) is 25.1 Å². The summed E-state index contributed by atoms with van der Waals surface area (Å²) in [6.07, 6.45) is 0.864. The number of carbonyl (C=O) groups is 2. The molecular formula is C30H31NO7. The van der Waals surface area contributed by atoms with Gasteiger partial charge in [-0.1, -0.05) is 31.2 Å². The number of rotatable bonds is 10. The van der Waals surface area contributed by atoms with Crippen LogP contribution >= 0.6 is 0 Å². The van der Waals surface area contributed by atoms with Crippen LogP contribution in [0.2, 0.25) is 0 Å². The van der Waals surface area contributed by atoms with Gasteiger partial charge in [0, 0.05) is 11.1 Å². The number of amides is 1. The Hall–Kier alpha value is -4.46. The van der Waals surface area contributed by atoms with Gasteiger partial charge in [-0.2, -0.15) is 0 Å². The SMILES string of the molecule is CCCOc1ccc(/C(O)=C2/C(=O)C(=O)N(Cc3ccccc3OC)C2c2ccc(OC)c(OC)c2)cc1. The highest BCUT2D eigenvalue weighted by Gasteiger charge is 2.46. The Bertz CT molecular complexity index is 1350. The van der Waals surface area contributed by atoms with Crippen LogP contribution < -0.4 is 18.9 Å². The van der Waals surface area contributed by atoms with Crippen molar-refractivity contribution in [1.82, 2.24) is 4.90 Å². The summed E-state index contributed by atoms with van der Waals surface area (Å²) in [7, 11) is 4.58. The van der Waals surface area contributed by atoms with E-state index in [1.54, 1.807) is 55.6 Å². The first-order valence-corrected chi connectivity index (χ1v) is 12.3. The summed E-state index contributed by atoms with van der Waals surface area (Å²) in [5.41, 5.74) is 1.69. The van der Waals surface area contributed by atoms with E-state index in [1.165, 1.54) is 19.1 Å². The maximum atomic E-state index is 13.4. The Labute approximate surface area is 222 Å². The molecule has 0 aromatic heterocycles. The number of Topliss-reactive ketones (excluding diaryl/α,β-unsaturated/α-hetero) is 1. The predicted octanol–water partition coefficient (Wildman–Crippen LogP) is 5.12.